The molecule has 17 heteroatoms. The molecule has 0 bridgehead atoms. The summed E-state index contributed by atoms with van der Waals surface area (Å²) in [4.78, 5) is 51.3. The van der Waals surface area contributed by atoms with Crippen molar-refractivity contribution in [1.29, 1.82) is 0 Å². The summed E-state index contributed by atoms with van der Waals surface area (Å²) in [7, 11) is -5.39. The molecule has 20 heavy (non-hydrogen) atoms. The molecule has 0 aliphatic heterocycles. The van der Waals surface area contributed by atoms with E-state index in [-0.39, 0.29) is 88.7 Å². The van der Waals surface area contributed by atoms with Crippen LogP contribution in [0.1, 0.15) is 0 Å². The monoisotopic (exact) mass is 350 g/mol. The van der Waals surface area contributed by atoms with Gasteiger partial charge in [-0.25, -0.2) is 14.4 Å². The van der Waals surface area contributed by atoms with Crippen LogP contribution in [0.25, 0.3) is 0 Å². The zero-order chi connectivity index (χ0) is 15.2. The largest absolute Gasteiger partial charge is 1.00 e. The van der Waals surface area contributed by atoms with Crippen molar-refractivity contribution < 1.29 is 153 Å². The van der Waals surface area contributed by atoms with Gasteiger partial charge in [-0.15, -0.1) is 0 Å². The topological polar surface area (TPSA) is 259 Å². The number of phosphoric acid groups is 1. The smallest absolute Gasteiger partial charge is 0.822 e. The quantitative estimate of drug-likeness (QED) is 0.175. The maximum absolute atomic E-state index is 8.56. The number of carboxylic acid groups (broad SMARTS) is 6. The van der Waals surface area contributed by atoms with E-state index in [1.54, 1.807) is 0 Å². The number of rotatable bonds is 0. The van der Waals surface area contributed by atoms with Gasteiger partial charge in [0, 0.05) is 0 Å². The summed E-state index contributed by atoms with van der Waals surface area (Å²) in [5.74, 6) is 0. The van der Waals surface area contributed by atoms with Crippen molar-refractivity contribution in [2.45, 2.75) is 0 Å². The van der Waals surface area contributed by atoms with Crippen LogP contribution in [0.5, 0.6) is 0 Å². The Morgan fingerprint density at radius 2 is 0.600 bits per heavy atom. The molecule has 0 fully saturated rings. The third-order valence-corrected chi connectivity index (χ3v) is 0. The number of carbonyl (C=O) groups is 3. The Morgan fingerprint density at radius 3 is 0.600 bits per heavy atom. The molecule has 0 rings (SSSR count). The van der Waals surface area contributed by atoms with Gasteiger partial charge >= 0.3 is 107 Å². The summed E-state index contributed by atoms with van der Waals surface area (Å²) >= 11 is 0. The molecular weight excluding hydrogens is 344 g/mol. The predicted octanol–water partition coefficient (Wildman–Crippen LogP) is -11.1. The SMILES string of the molecule is O=C(O)O.O=C(O)O.O=C(O)O.O=P([O-])([O-])[O-].[Na+].[Na+].[Na+]. The minimum absolute atomic E-state index is 0. The van der Waals surface area contributed by atoms with E-state index in [4.69, 9.17) is 64.3 Å². The molecule has 0 saturated heterocycles. The normalized spacial score (nSPS) is 6.55. The predicted molar refractivity (Wildman–Crippen MR) is 39.6 cm³/mol. The van der Waals surface area contributed by atoms with Crippen LogP contribution in [-0.2, 0) is 4.57 Å². The minimum Gasteiger partial charge on any atom is -0.822 e. The van der Waals surface area contributed by atoms with Crippen LogP contribution in [0.15, 0.2) is 0 Å². The maximum Gasteiger partial charge on any atom is 1.00 e. The number of hydrogen-bond donors (Lipinski definition) is 6. The second kappa shape index (κ2) is 28.1. The zero-order valence-electron chi connectivity index (χ0n) is 10.5. The third kappa shape index (κ3) is 7180. The van der Waals surface area contributed by atoms with Gasteiger partial charge in [-0.1, -0.05) is 0 Å². The molecule has 0 radical (unpaired) electrons. The second-order valence-electron chi connectivity index (χ2n) is 1.29. The molecule has 0 spiro atoms. The van der Waals surface area contributed by atoms with Crippen LogP contribution in [0.2, 0.25) is 0 Å². The van der Waals surface area contributed by atoms with E-state index in [9.17, 15) is 0 Å². The van der Waals surface area contributed by atoms with Crippen LogP contribution in [0, 0.1) is 0 Å². The van der Waals surface area contributed by atoms with Crippen molar-refractivity contribution in [3.8, 4) is 0 Å². The Hall–Kier alpha value is 0.920. The van der Waals surface area contributed by atoms with E-state index < -0.39 is 26.3 Å². The van der Waals surface area contributed by atoms with Gasteiger partial charge in [-0.3, -0.25) is 0 Å². The van der Waals surface area contributed by atoms with Crippen LogP contribution in [0.4, 0.5) is 14.4 Å². The summed E-state index contributed by atoms with van der Waals surface area (Å²) in [6.45, 7) is 0. The van der Waals surface area contributed by atoms with Crippen LogP contribution in [-0.4, -0.2) is 49.1 Å². The van der Waals surface area contributed by atoms with Gasteiger partial charge < -0.3 is 49.9 Å². The summed E-state index contributed by atoms with van der Waals surface area (Å²) in [6.07, 6.45) is -5.50. The standard InChI is InChI=1S/3CH2O3.3Na.H3O4P/c3*2-1(3)4;;;;1-5(2,3)4/h3*(H2,2,3,4);;;;(H3,1,2,3,4)/q;;;3*+1;/p-3. The summed E-state index contributed by atoms with van der Waals surface area (Å²) < 4.78 is 8.55. The molecule has 104 valence electrons. The van der Waals surface area contributed by atoms with Crippen molar-refractivity contribution >= 4 is 26.3 Å². The Kier molecular flexibility index (Phi) is 60.3. The van der Waals surface area contributed by atoms with Crippen LogP contribution >= 0.6 is 7.82 Å². The van der Waals surface area contributed by atoms with Gasteiger partial charge in [-0.05, 0) is 0 Å². The molecule has 0 saturated carbocycles. The van der Waals surface area contributed by atoms with Crippen molar-refractivity contribution in [2.24, 2.45) is 0 Å². The first kappa shape index (κ1) is 42.8. The molecule has 0 aromatic rings. The average Bonchev–Trinajstić information content (AvgIpc) is 1.73. The fourth-order valence-corrected chi connectivity index (χ4v) is 0. The molecule has 0 aromatic carbocycles. The van der Waals surface area contributed by atoms with Crippen LogP contribution < -0.4 is 103 Å². The first-order valence-corrected chi connectivity index (χ1v) is 4.14. The van der Waals surface area contributed by atoms with E-state index >= 15 is 0 Å². The molecule has 13 nitrogen and oxygen atoms in total. The minimum atomic E-state index is -5.39. The van der Waals surface area contributed by atoms with E-state index in [1.807, 2.05) is 0 Å². The van der Waals surface area contributed by atoms with Gasteiger partial charge in [0.2, 0.25) is 0 Å². The number of hydrogen-bond acceptors (Lipinski definition) is 7. The van der Waals surface area contributed by atoms with Crippen molar-refractivity contribution in [3.05, 3.63) is 0 Å². The van der Waals surface area contributed by atoms with E-state index in [0.29, 0.717) is 0 Å². The second-order valence-corrected chi connectivity index (χ2v) is 2.19. The first-order valence-electron chi connectivity index (χ1n) is 2.68. The van der Waals surface area contributed by atoms with E-state index in [1.165, 1.54) is 0 Å². The van der Waals surface area contributed by atoms with Crippen molar-refractivity contribution in [2.75, 3.05) is 0 Å². The van der Waals surface area contributed by atoms with E-state index in [2.05, 4.69) is 0 Å². The summed E-state index contributed by atoms with van der Waals surface area (Å²) in [6, 6.07) is 0. The third-order valence-electron chi connectivity index (χ3n) is 0. The van der Waals surface area contributed by atoms with Gasteiger partial charge in [-0.2, -0.15) is 7.82 Å². The van der Waals surface area contributed by atoms with Gasteiger partial charge in [0.1, 0.15) is 0 Å². The Balaban J connectivity index is -0.0000000216. The molecule has 0 unspecified atom stereocenters. The molecule has 0 amide bonds. The van der Waals surface area contributed by atoms with Gasteiger partial charge in [0.25, 0.3) is 0 Å². The summed E-state index contributed by atoms with van der Waals surface area (Å²) in [5.41, 5.74) is 0. The van der Waals surface area contributed by atoms with Crippen molar-refractivity contribution in [3.63, 3.8) is 0 Å². The molecule has 0 aliphatic rings. The zero-order valence-corrected chi connectivity index (χ0v) is 17.4. The van der Waals surface area contributed by atoms with Crippen LogP contribution in [0.3, 0.4) is 0 Å². The van der Waals surface area contributed by atoms with Gasteiger partial charge in [0.15, 0.2) is 0 Å². The molecule has 0 heterocycles. The Labute approximate surface area is 177 Å². The molecule has 0 aliphatic carbocycles. The fraction of sp³-hybridized carbons (Fsp3) is 0. The molecule has 0 atom stereocenters. The fourth-order valence-electron chi connectivity index (χ4n) is 0. The first-order chi connectivity index (χ1) is 7.20. The average molecular weight is 350 g/mol. The molecule has 6 N–H and O–H groups in total. The van der Waals surface area contributed by atoms with E-state index in [0.717, 1.165) is 0 Å². The maximum atomic E-state index is 8.56. The van der Waals surface area contributed by atoms with Crippen molar-refractivity contribution in [1.82, 2.24) is 0 Å². The van der Waals surface area contributed by atoms with Gasteiger partial charge in [0.05, 0.1) is 0 Å². The Bertz CT molecular complexity index is 225. The molecular formula is C3H6Na3O13P. The Morgan fingerprint density at radius 1 is 0.600 bits per heavy atom. The molecule has 0 aromatic heterocycles. The summed E-state index contributed by atoms with van der Waals surface area (Å²) in [5, 5.41) is 41.8.